The van der Waals surface area contributed by atoms with Crippen molar-refractivity contribution in [3.05, 3.63) is 0 Å². The summed E-state index contributed by atoms with van der Waals surface area (Å²) in [5.74, 6) is -0.0245. The van der Waals surface area contributed by atoms with Gasteiger partial charge in [-0.3, -0.25) is 4.79 Å². The van der Waals surface area contributed by atoms with E-state index >= 15 is 0 Å². The highest BCUT2D eigenvalue weighted by atomic mass is 16.5. The van der Waals surface area contributed by atoms with Crippen molar-refractivity contribution in [2.45, 2.75) is 245 Å². The van der Waals surface area contributed by atoms with E-state index in [1.165, 1.54) is 218 Å². The molecule has 0 bridgehead atoms. The molecule has 0 heterocycles. The lowest BCUT2D eigenvalue weighted by Gasteiger charge is -2.05. The average molecular weight is 593 g/mol. The molecule has 0 aromatic heterocycles. The van der Waals surface area contributed by atoms with E-state index in [1.807, 2.05) is 6.92 Å². The van der Waals surface area contributed by atoms with E-state index in [0.29, 0.717) is 13.0 Å². The maximum absolute atomic E-state index is 11.3. The van der Waals surface area contributed by atoms with Crippen molar-refractivity contribution < 1.29 is 9.53 Å². The van der Waals surface area contributed by atoms with Crippen LogP contribution < -0.4 is 0 Å². The molecule has 2 heteroatoms. The number of carbonyl (C=O) groups is 1. The highest BCUT2D eigenvalue weighted by molar-refractivity contribution is 5.69. The first kappa shape index (κ1) is 41.5. The quantitative estimate of drug-likeness (QED) is 0.0529. The molecule has 0 aromatic rings. The molecular formula is C40H80O2. The first-order chi connectivity index (χ1) is 20.8. The molecule has 2 nitrogen and oxygen atoms in total. The van der Waals surface area contributed by atoms with Gasteiger partial charge in [-0.25, -0.2) is 0 Å². The predicted octanol–water partition coefficient (Wildman–Crippen LogP) is 14.6. The molecular weight excluding hydrogens is 512 g/mol. The van der Waals surface area contributed by atoms with E-state index in [9.17, 15) is 4.79 Å². The van der Waals surface area contributed by atoms with E-state index in [4.69, 9.17) is 4.74 Å². The molecule has 0 aliphatic heterocycles. The Labute approximate surface area is 266 Å². The molecule has 0 aliphatic carbocycles. The van der Waals surface area contributed by atoms with E-state index in [-0.39, 0.29) is 5.97 Å². The van der Waals surface area contributed by atoms with Crippen LogP contribution in [0.2, 0.25) is 0 Å². The SMILES string of the molecule is CCCCCCCCCCCCCCCCCCCCCCCCCCCCCCCCCCCCCC(=O)OCC. The zero-order valence-corrected chi connectivity index (χ0v) is 29.5. The summed E-state index contributed by atoms with van der Waals surface area (Å²) in [6.07, 6.45) is 50.7. The Hall–Kier alpha value is -0.530. The second-order valence-electron chi connectivity index (χ2n) is 13.6. The summed E-state index contributed by atoms with van der Waals surface area (Å²) in [7, 11) is 0. The van der Waals surface area contributed by atoms with Crippen molar-refractivity contribution in [2.75, 3.05) is 6.61 Å². The van der Waals surface area contributed by atoms with Crippen LogP contribution in [0.4, 0.5) is 0 Å². The molecule has 42 heavy (non-hydrogen) atoms. The van der Waals surface area contributed by atoms with Gasteiger partial charge < -0.3 is 4.74 Å². The molecule has 0 radical (unpaired) electrons. The lowest BCUT2D eigenvalue weighted by molar-refractivity contribution is -0.143. The molecule has 0 aromatic carbocycles. The zero-order chi connectivity index (χ0) is 30.4. The highest BCUT2D eigenvalue weighted by Gasteiger charge is 2.01. The predicted molar refractivity (Wildman–Crippen MR) is 189 cm³/mol. The van der Waals surface area contributed by atoms with Crippen LogP contribution >= 0.6 is 0 Å². The van der Waals surface area contributed by atoms with Crippen LogP contribution in [0, 0.1) is 0 Å². The number of unbranched alkanes of at least 4 members (excludes halogenated alkanes) is 34. The van der Waals surface area contributed by atoms with E-state index < -0.39 is 0 Å². The smallest absolute Gasteiger partial charge is 0.305 e. The van der Waals surface area contributed by atoms with Gasteiger partial charge in [0.1, 0.15) is 0 Å². The monoisotopic (exact) mass is 593 g/mol. The van der Waals surface area contributed by atoms with Crippen LogP contribution in [0.3, 0.4) is 0 Å². The van der Waals surface area contributed by atoms with Crippen LogP contribution in [-0.4, -0.2) is 12.6 Å². The maximum atomic E-state index is 11.3. The minimum absolute atomic E-state index is 0.0245. The Morgan fingerprint density at radius 3 is 0.690 bits per heavy atom. The molecule has 0 saturated carbocycles. The Morgan fingerprint density at radius 1 is 0.310 bits per heavy atom. The second kappa shape index (κ2) is 38.5. The van der Waals surface area contributed by atoms with Crippen molar-refractivity contribution in [2.24, 2.45) is 0 Å². The molecule has 0 fully saturated rings. The average Bonchev–Trinajstić information content (AvgIpc) is 2.99. The largest absolute Gasteiger partial charge is 0.466 e. The van der Waals surface area contributed by atoms with Gasteiger partial charge in [-0.1, -0.05) is 225 Å². The van der Waals surface area contributed by atoms with E-state index in [1.54, 1.807) is 0 Å². The third-order valence-electron chi connectivity index (χ3n) is 9.29. The topological polar surface area (TPSA) is 26.3 Å². The fraction of sp³-hybridized carbons (Fsp3) is 0.975. The lowest BCUT2D eigenvalue weighted by Crippen LogP contribution is -2.03. The van der Waals surface area contributed by atoms with Crippen molar-refractivity contribution in [1.29, 1.82) is 0 Å². The van der Waals surface area contributed by atoms with E-state index in [2.05, 4.69) is 6.92 Å². The number of esters is 1. The number of ether oxygens (including phenoxy) is 1. The third kappa shape index (κ3) is 37.5. The molecule has 0 unspecified atom stereocenters. The summed E-state index contributed by atoms with van der Waals surface area (Å²) >= 11 is 0. The fourth-order valence-corrected chi connectivity index (χ4v) is 6.41. The third-order valence-corrected chi connectivity index (χ3v) is 9.29. The Morgan fingerprint density at radius 2 is 0.500 bits per heavy atom. The van der Waals surface area contributed by atoms with Crippen LogP contribution in [0.15, 0.2) is 0 Å². The normalized spacial score (nSPS) is 11.4. The standard InChI is InChI=1S/C40H80O2/c1-3-5-6-7-8-9-10-11-12-13-14-15-16-17-18-19-20-21-22-23-24-25-26-27-28-29-30-31-32-33-34-35-36-37-38-39-40(41)42-4-2/h3-39H2,1-2H3. The summed E-state index contributed by atoms with van der Waals surface area (Å²) in [6.45, 7) is 4.70. The lowest BCUT2D eigenvalue weighted by atomic mass is 10.0. The van der Waals surface area contributed by atoms with Gasteiger partial charge in [-0.15, -0.1) is 0 Å². The number of carbonyl (C=O) groups excluding carboxylic acids is 1. The summed E-state index contributed by atoms with van der Waals surface area (Å²) in [6, 6.07) is 0. The summed E-state index contributed by atoms with van der Waals surface area (Å²) < 4.78 is 4.98. The Kier molecular flexibility index (Phi) is 38.0. The van der Waals surface area contributed by atoms with Gasteiger partial charge in [-0.2, -0.15) is 0 Å². The summed E-state index contributed by atoms with van der Waals surface area (Å²) in [5.41, 5.74) is 0. The van der Waals surface area contributed by atoms with Gasteiger partial charge in [0.15, 0.2) is 0 Å². The first-order valence-corrected chi connectivity index (χ1v) is 20.0. The molecule has 0 spiro atoms. The van der Waals surface area contributed by atoms with Crippen LogP contribution in [0.25, 0.3) is 0 Å². The number of hydrogen-bond acceptors (Lipinski definition) is 2. The van der Waals surface area contributed by atoms with Crippen LogP contribution in [-0.2, 0) is 9.53 Å². The van der Waals surface area contributed by atoms with Crippen LogP contribution in [0.1, 0.15) is 245 Å². The zero-order valence-electron chi connectivity index (χ0n) is 29.5. The fourth-order valence-electron chi connectivity index (χ4n) is 6.41. The second-order valence-corrected chi connectivity index (χ2v) is 13.6. The minimum atomic E-state index is -0.0245. The molecule has 0 N–H and O–H groups in total. The molecule has 0 rings (SSSR count). The van der Waals surface area contributed by atoms with Gasteiger partial charge in [0.2, 0.25) is 0 Å². The molecule has 252 valence electrons. The summed E-state index contributed by atoms with van der Waals surface area (Å²) in [5, 5.41) is 0. The highest BCUT2D eigenvalue weighted by Crippen LogP contribution is 2.17. The van der Waals surface area contributed by atoms with Crippen molar-refractivity contribution in [3.63, 3.8) is 0 Å². The molecule has 0 saturated heterocycles. The maximum Gasteiger partial charge on any atom is 0.305 e. The van der Waals surface area contributed by atoms with Gasteiger partial charge in [0.05, 0.1) is 6.61 Å². The number of rotatable bonds is 37. The molecule has 0 amide bonds. The van der Waals surface area contributed by atoms with Crippen molar-refractivity contribution in [3.8, 4) is 0 Å². The van der Waals surface area contributed by atoms with Crippen molar-refractivity contribution in [1.82, 2.24) is 0 Å². The molecule has 0 atom stereocenters. The van der Waals surface area contributed by atoms with Gasteiger partial charge in [-0.05, 0) is 13.3 Å². The Bertz CT molecular complexity index is 488. The van der Waals surface area contributed by atoms with Crippen LogP contribution in [0.5, 0.6) is 0 Å². The number of hydrogen-bond donors (Lipinski definition) is 0. The van der Waals surface area contributed by atoms with E-state index in [0.717, 1.165) is 6.42 Å². The first-order valence-electron chi connectivity index (χ1n) is 20.0. The van der Waals surface area contributed by atoms with Gasteiger partial charge in [0.25, 0.3) is 0 Å². The van der Waals surface area contributed by atoms with Gasteiger partial charge >= 0.3 is 5.97 Å². The minimum Gasteiger partial charge on any atom is -0.466 e. The van der Waals surface area contributed by atoms with Gasteiger partial charge in [0, 0.05) is 6.42 Å². The van der Waals surface area contributed by atoms with Crippen molar-refractivity contribution >= 4 is 5.97 Å². The molecule has 0 aliphatic rings. The summed E-state index contributed by atoms with van der Waals surface area (Å²) in [4.78, 5) is 11.3. The Balaban J connectivity index is 3.05.